The second-order valence-electron chi connectivity index (χ2n) is 7.52. The van der Waals surface area contributed by atoms with E-state index in [0.29, 0.717) is 6.54 Å². The minimum Gasteiger partial charge on any atom is -0.497 e. The molecule has 0 amide bonds. The Balaban J connectivity index is 0.00000341. The number of hydrogen-bond acceptors (Lipinski definition) is 5. The van der Waals surface area contributed by atoms with Gasteiger partial charge >= 0.3 is 0 Å². The van der Waals surface area contributed by atoms with Gasteiger partial charge in [-0.1, -0.05) is 23.8 Å². The van der Waals surface area contributed by atoms with Crippen molar-refractivity contribution in [1.29, 1.82) is 0 Å². The highest BCUT2D eigenvalue weighted by Crippen LogP contribution is 2.24. The van der Waals surface area contributed by atoms with Crippen LogP contribution in [0.2, 0.25) is 0 Å². The minimum absolute atomic E-state index is 0. The van der Waals surface area contributed by atoms with Gasteiger partial charge in [0.05, 0.1) is 46.1 Å². The average Bonchev–Trinajstić information content (AvgIpc) is 2.81. The molecule has 2 heterocycles. The van der Waals surface area contributed by atoms with Crippen molar-refractivity contribution in [3.05, 3.63) is 41.5 Å². The van der Waals surface area contributed by atoms with E-state index in [1.807, 2.05) is 12.1 Å². The summed E-state index contributed by atoms with van der Waals surface area (Å²) in [5.41, 5.74) is 2.72. The number of aliphatic imine (C=N–C) groups is 1. The highest BCUT2D eigenvalue weighted by Gasteiger charge is 2.22. The van der Waals surface area contributed by atoms with Crippen LogP contribution in [0.15, 0.2) is 40.9 Å². The smallest absolute Gasteiger partial charge is 0.191 e. The van der Waals surface area contributed by atoms with E-state index in [1.54, 1.807) is 7.11 Å². The number of methoxy groups -OCH3 is 1. The van der Waals surface area contributed by atoms with E-state index in [1.165, 1.54) is 11.1 Å². The van der Waals surface area contributed by atoms with Crippen LogP contribution in [-0.2, 0) is 9.47 Å². The van der Waals surface area contributed by atoms with Crippen molar-refractivity contribution in [3.63, 3.8) is 0 Å². The average molecular weight is 544 g/mol. The van der Waals surface area contributed by atoms with Gasteiger partial charge in [0.15, 0.2) is 5.96 Å². The van der Waals surface area contributed by atoms with Gasteiger partial charge in [-0.05, 0) is 37.5 Å². The first-order valence-corrected chi connectivity index (χ1v) is 11.0. The van der Waals surface area contributed by atoms with Gasteiger partial charge in [-0.25, -0.2) is 0 Å². The van der Waals surface area contributed by atoms with Crippen molar-refractivity contribution in [3.8, 4) is 5.75 Å². The summed E-state index contributed by atoms with van der Waals surface area (Å²) in [7, 11) is 1.70. The molecule has 3 rings (SSSR count). The fourth-order valence-corrected chi connectivity index (χ4v) is 3.80. The van der Waals surface area contributed by atoms with Gasteiger partial charge in [0.2, 0.25) is 0 Å². The molecule has 1 atom stereocenters. The Morgan fingerprint density at radius 1 is 1.13 bits per heavy atom. The standard InChI is InChI=1S/C23H36N4O3.HI/c1-3-24-23(25-11-8-19-9-14-29-15-10-19)26-18-22(27-12-16-30-17-13-27)20-4-6-21(28-2)7-5-20;/h4-7,9,22H,3,8,10-18H2,1-2H3,(H2,24,25,26);1H. The molecule has 0 bridgehead atoms. The first-order chi connectivity index (χ1) is 14.8. The summed E-state index contributed by atoms with van der Waals surface area (Å²) in [6.07, 6.45) is 4.26. The number of nitrogens with zero attached hydrogens (tertiary/aromatic N) is 2. The van der Waals surface area contributed by atoms with Gasteiger partial charge in [-0.3, -0.25) is 9.89 Å². The zero-order valence-corrected chi connectivity index (χ0v) is 21.1. The van der Waals surface area contributed by atoms with Gasteiger partial charge in [0.1, 0.15) is 5.75 Å². The number of halogens is 1. The molecular weight excluding hydrogens is 507 g/mol. The Hall–Kier alpha value is -1.36. The SMILES string of the molecule is CCNC(=NCC(c1ccc(OC)cc1)N1CCOCC1)NCCC1=CCOCC1.I. The van der Waals surface area contributed by atoms with E-state index in [9.17, 15) is 0 Å². The lowest BCUT2D eigenvalue weighted by Crippen LogP contribution is -2.42. The Kier molecular flexibility index (Phi) is 12.2. The first kappa shape index (κ1) is 25.9. The second-order valence-corrected chi connectivity index (χ2v) is 7.52. The molecule has 0 aromatic heterocycles. The van der Waals surface area contributed by atoms with Crippen LogP contribution < -0.4 is 15.4 Å². The molecule has 0 spiro atoms. The summed E-state index contributed by atoms with van der Waals surface area (Å²) in [6, 6.07) is 8.56. The lowest BCUT2D eigenvalue weighted by atomic mass is 10.0. The van der Waals surface area contributed by atoms with Crippen molar-refractivity contribution >= 4 is 29.9 Å². The largest absolute Gasteiger partial charge is 0.497 e. The zero-order valence-electron chi connectivity index (χ0n) is 18.8. The molecule has 1 saturated heterocycles. The van der Waals surface area contributed by atoms with Crippen molar-refractivity contribution in [2.24, 2.45) is 4.99 Å². The Labute approximate surface area is 203 Å². The minimum atomic E-state index is 0. The molecule has 0 saturated carbocycles. The van der Waals surface area contributed by atoms with Gasteiger partial charge in [0.25, 0.3) is 0 Å². The van der Waals surface area contributed by atoms with Crippen LogP contribution in [0, 0.1) is 0 Å². The maximum Gasteiger partial charge on any atom is 0.191 e. The molecule has 174 valence electrons. The predicted octanol–water partition coefficient (Wildman–Crippen LogP) is 2.98. The highest BCUT2D eigenvalue weighted by atomic mass is 127. The fraction of sp³-hybridized carbons (Fsp3) is 0.609. The molecule has 31 heavy (non-hydrogen) atoms. The van der Waals surface area contributed by atoms with Gasteiger partial charge < -0.3 is 24.8 Å². The van der Waals surface area contributed by atoms with Crippen LogP contribution >= 0.6 is 24.0 Å². The number of hydrogen-bond donors (Lipinski definition) is 2. The van der Waals surface area contributed by atoms with E-state index >= 15 is 0 Å². The number of rotatable bonds is 9. The summed E-state index contributed by atoms with van der Waals surface area (Å²) in [4.78, 5) is 7.39. The third-order valence-electron chi connectivity index (χ3n) is 5.55. The topological polar surface area (TPSA) is 67.4 Å². The summed E-state index contributed by atoms with van der Waals surface area (Å²) in [6.45, 7) is 9.48. The van der Waals surface area contributed by atoms with Crippen molar-refractivity contribution in [1.82, 2.24) is 15.5 Å². The van der Waals surface area contributed by atoms with Gasteiger partial charge in [-0.15, -0.1) is 24.0 Å². The van der Waals surface area contributed by atoms with Crippen LogP contribution in [0.4, 0.5) is 0 Å². The third kappa shape index (κ3) is 8.59. The summed E-state index contributed by atoms with van der Waals surface area (Å²) in [5.74, 6) is 1.75. The van der Waals surface area contributed by atoms with Crippen LogP contribution in [0.25, 0.3) is 0 Å². The van der Waals surface area contributed by atoms with Crippen LogP contribution in [0.3, 0.4) is 0 Å². The molecule has 7 nitrogen and oxygen atoms in total. The normalized spacial score (nSPS) is 18.5. The molecule has 1 fully saturated rings. The van der Waals surface area contributed by atoms with E-state index in [0.717, 1.165) is 77.2 Å². The molecule has 2 N–H and O–H groups in total. The van der Waals surface area contributed by atoms with Crippen LogP contribution in [0.1, 0.15) is 31.4 Å². The van der Waals surface area contributed by atoms with E-state index in [4.69, 9.17) is 19.2 Å². The summed E-state index contributed by atoms with van der Waals surface area (Å²) >= 11 is 0. The van der Waals surface area contributed by atoms with Crippen molar-refractivity contribution in [2.75, 3.05) is 66.3 Å². The molecule has 1 aromatic carbocycles. The Morgan fingerprint density at radius 3 is 2.55 bits per heavy atom. The zero-order chi connectivity index (χ0) is 21.0. The maximum atomic E-state index is 5.56. The lowest BCUT2D eigenvalue weighted by Gasteiger charge is -2.34. The Morgan fingerprint density at radius 2 is 1.90 bits per heavy atom. The van der Waals surface area contributed by atoms with E-state index < -0.39 is 0 Å². The second kappa shape index (κ2) is 14.7. The van der Waals surface area contributed by atoms with E-state index in [2.05, 4.69) is 40.7 Å². The fourth-order valence-electron chi connectivity index (χ4n) is 3.80. The quantitative estimate of drug-likeness (QED) is 0.216. The molecular formula is C23H37IN4O3. The molecule has 8 heteroatoms. The number of nitrogens with one attached hydrogen (secondary N) is 2. The molecule has 0 aliphatic carbocycles. The van der Waals surface area contributed by atoms with Crippen molar-refractivity contribution in [2.45, 2.75) is 25.8 Å². The maximum absolute atomic E-state index is 5.56. The number of guanidine groups is 1. The monoisotopic (exact) mass is 544 g/mol. The predicted molar refractivity (Wildman–Crippen MR) is 136 cm³/mol. The molecule has 2 aliphatic heterocycles. The molecule has 0 radical (unpaired) electrons. The number of benzene rings is 1. The Bertz CT molecular complexity index is 691. The lowest BCUT2D eigenvalue weighted by molar-refractivity contribution is 0.0179. The van der Waals surface area contributed by atoms with Crippen LogP contribution in [0.5, 0.6) is 5.75 Å². The molecule has 1 aromatic rings. The molecule has 2 aliphatic rings. The van der Waals surface area contributed by atoms with Gasteiger partial charge in [0, 0.05) is 26.2 Å². The van der Waals surface area contributed by atoms with E-state index in [-0.39, 0.29) is 30.0 Å². The number of ether oxygens (including phenoxy) is 3. The highest BCUT2D eigenvalue weighted by molar-refractivity contribution is 14.0. The summed E-state index contributed by atoms with van der Waals surface area (Å²) in [5, 5.41) is 6.87. The first-order valence-electron chi connectivity index (χ1n) is 11.0. The van der Waals surface area contributed by atoms with Gasteiger partial charge in [-0.2, -0.15) is 0 Å². The number of morpholine rings is 1. The van der Waals surface area contributed by atoms with Crippen LogP contribution in [-0.4, -0.2) is 77.1 Å². The molecule has 1 unspecified atom stereocenters. The van der Waals surface area contributed by atoms with Crippen molar-refractivity contribution < 1.29 is 14.2 Å². The summed E-state index contributed by atoms with van der Waals surface area (Å²) < 4.78 is 16.3. The third-order valence-corrected chi connectivity index (χ3v) is 5.55.